The molecule has 1 N–H and O–H groups in total. The Morgan fingerprint density at radius 1 is 1.18 bits per heavy atom. The van der Waals surface area contributed by atoms with Crippen LogP contribution in [0, 0.1) is 0 Å². The fourth-order valence-electron chi connectivity index (χ4n) is 3.03. The van der Waals surface area contributed by atoms with Crippen LogP contribution in [0.15, 0.2) is 42.7 Å². The third-order valence-electron chi connectivity index (χ3n) is 4.39. The molecule has 1 aliphatic heterocycles. The number of fused-ring (bicyclic) bond motifs is 2. The van der Waals surface area contributed by atoms with Gasteiger partial charge in [-0.25, -0.2) is 9.67 Å². The molecule has 1 amide bonds. The van der Waals surface area contributed by atoms with Gasteiger partial charge in [0, 0.05) is 23.9 Å². The molecule has 7 heteroatoms. The van der Waals surface area contributed by atoms with Crippen molar-refractivity contribution in [1.29, 1.82) is 0 Å². The molecule has 28 heavy (non-hydrogen) atoms. The van der Waals surface area contributed by atoms with E-state index in [1.807, 2.05) is 42.8 Å². The van der Waals surface area contributed by atoms with E-state index >= 15 is 0 Å². The van der Waals surface area contributed by atoms with E-state index in [1.54, 1.807) is 18.5 Å². The van der Waals surface area contributed by atoms with Gasteiger partial charge in [-0.15, -0.1) is 0 Å². The van der Waals surface area contributed by atoms with Gasteiger partial charge in [-0.2, -0.15) is 5.10 Å². The molecule has 1 aliphatic rings. The number of nitrogens with zero attached hydrogens (tertiary/aromatic N) is 3. The van der Waals surface area contributed by atoms with Crippen LogP contribution in [0.5, 0.6) is 11.5 Å². The molecule has 0 atom stereocenters. The highest BCUT2D eigenvalue weighted by Gasteiger charge is 2.11. The SMILES string of the molecule is CC(C)n1ncc2cc(NC(=O)/C=C/c3ccc4c(c3)OCCCO4)cnc21. The third kappa shape index (κ3) is 3.83. The van der Waals surface area contributed by atoms with Gasteiger partial charge in [0.1, 0.15) is 0 Å². The quantitative estimate of drug-likeness (QED) is 0.698. The second-order valence-electron chi connectivity index (χ2n) is 6.90. The summed E-state index contributed by atoms with van der Waals surface area (Å²) in [6, 6.07) is 7.73. The molecule has 0 saturated heterocycles. The standard InChI is InChI=1S/C21H22N4O3/c1-14(2)25-21-16(12-23-25)11-17(13-22-21)24-20(26)7-5-15-4-6-18-19(10-15)28-9-3-8-27-18/h4-7,10-14H,3,8-9H2,1-2H3,(H,24,26)/b7-5+. The Hall–Kier alpha value is -3.35. The van der Waals surface area contributed by atoms with Crippen LogP contribution in [0.25, 0.3) is 17.1 Å². The second-order valence-corrected chi connectivity index (χ2v) is 6.90. The summed E-state index contributed by atoms with van der Waals surface area (Å²) in [5.41, 5.74) is 2.30. The highest BCUT2D eigenvalue weighted by atomic mass is 16.5. The van der Waals surface area contributed by atoms with Crippen LogP contribution in [0.4, 0.5) is 5.69 Å². The van der Waals surface area contributed by atoms with Gasteiger partial charge in [0.2, 0.25) is 5.91 Å². The van der Waals surface area contributed by atoms with E-state index in [4.69, 9.17) is 9.47 Å². The first-order valence-electron chi connectivity index (χ1n) is 9.32. The van der Waals surface area contributed by atoms with E-state index in [0.29, 0.717) is 24.7 Å². The first-order chi connectivity index (χ1) is 13.6. The van der Waals surface area contributed by atoms with Crippen molar-refractivity contribution in [2.24, 2.45) is 0 Å². The minimum Gasteiger partial charge on any atom is -0.490 e. The molecule has 3 heterocycles. The normalized spacial score (nSPS) is 13.8. The monoisotopic (exact) mass is 378 g/mol. The number of anilines is 1. The van der Waals surface area contributed by atoms with Crippen LogP contribution >= 0.6 is 0 Å². The molecule has 0 saturated carbocycles. The largest absolute Gasteiger partial charge is 0.490 e. The zero-order valence-electron chi connectivity index (χ0n) is 15.9. The molecule has 3 aromatic rings. The van der Waals surface area contributed by atoms with Crippen LogP contribution < -0.4 is 14.8 Å². The van der Waals surface area contributed by atoms with Crippen molar-refractivity contribution < 1.29 is 14.3 Å². The van der Waals surface area contributed by atoms with Crippen molar-refractivity contribution in [3.63, 3.8) is 0 Å². The number of nitrogens with one attached hydrogen (secondary N) is 1. The van der Waals surface area contributed by atoms with Gasteiger partial charge in [-0.05, 0) is 43.7 Å². The molecule has 4 rings (SSSR count). The lowest BCUT2D eigenvalue weighted by atomic mass is 10.2. The molecule has 1 aromatic carbocycles. The minimum atomic E-state index is -0.232. The number of hydrogen-bond acceptors (Lipinski definition) is 5. The molecule has 0 spiro atoms. The van der Waals surface area contributed by atoms with Gasteiger partial charge >= 0.3 is 0 Å². The Morgan fingerprint density at radius 2 is 2.00 bits per heavy atom. The summed E-state index contributed by atoms with van der Waals surface area (Å²) in [5, 5.41) is 8.06. The maximum absolute atomic E-state index is 12.3. The van der Waals surface area contributed by atoms with Gasteiger partial charge in [0.15, 0.2) is 17.1 Å². The van der Waals surface area contributed by atoms with Crippen molar-refractivity contribution in [1.82, 2.24) is 14.8 Å². The van der Waals surface area contributed by atoms with Crippen LogP contribution in [0.3, 0.4) is 0 Å². The summed E-state index contributed by atoms with van der Waals surface area (Å²) < 4.78 is 13.1. The summed E-state index contributed by atoms with van der Waals surface area (Å²) in [6.45, 7) is 5.38. The Kier molecular flexibility index (Phi) is 4.97. The first-order valence-corrected chi connectivity index (χ1v) is 9.32. The molecule has 7 nitrogen and oxygen atoms in total. The number of carbonyl (C=O) groups excluding carboxylic acids is 1. The summed E-state index contributed by atoms with van der Waals surface area (Å²) in [7, 11) is 0. The van der Waals surface area contributed by atoms with E-state index < -0.39 is 0 Å². The van der Waals surface area contributed by atoms with E-state index in [9.17, 15) is 4.79 Å². The predicted octanol–water partition coefficient (Wildman–Crippen LogP) is 3.83. The Labute approximate surface area is 163 Å². The molecule has 2 aromatic heterocycles. The molecule has 0 bridgehead atoms. The number of rotatable bonds is 4. The van der Waals surface area contributed by atoms with Crippen LogP contribution in [0.2, 0.25) is 0 Å². The van der Waals surface area contributed by atoms with Crippen molar-refractivity contribution in [2.45, 2.75) is 26.3 Å². The first kappa shape index (κ1) is 18.0. The van der Waals surface area contributed by atoms with Gasteiger partial charge < -0.3 is 14.8 Å². The number of aromatic nitrogens is 3. The lowest BCUT2D eigenvalue weighted by Crippen LogP contribution is -2.08. The van der Waals surface area contributed by atoms with E-state index in [-0.39, 0.29) is 11.9 Å². The van der Waals surface area contributed by atoms with Crippen molar-refractivity contribution >= 4 is 28.7 Å². The molecule has 0 fully saturated rings. The molecule has 0 aliphatic carbocycles. The van der Waals surface area contributed by atoms with Crippen molar-refractivity contribution in [3.05, 3.63) is 48.3 Å². The summed E-state index contributed by atoms with van der Waals surface area (Å²) in [4.78, 5) is 16.7. The molecular weight excluding hydrogens is 356 g/mol. The van der Waals surface area contributed by atoms with Crippen LogP contribution in [-0.4, -0.2) is 33.9 Å². The molecule has 0 unspecified atom stereocenters. The fraction of sp³-hybridized carbons (Fsp3) is 0.286. The Morgan fingerprint density at radius 3 is 2.82 bits per heavy atom. The average Bonchev–Trinajstić information content (AvgIpc) is 2.96. The van der Waals surface area contributed by atoms with E-state index in [2.05, 4.69) is 15.4 Å². The van der Waals surface area contributed by atoms with E-state index in [1.165, 1.54) is 6.08 Å². The number of pyridine rings is 1. The fourth-order valence-corrected chi connectivity index (χ4v) is 3.03. The van der Waals surface area contributed by atoms with Crippen LogP contribution in [-0.2, 0) is 4.79 Å². The molecular formula is C21H22N4O3. The number of carbonyl (C=O) groups is 1. The topological polar surface area (TPSA) is 78.3 Å². The Bertz CT molecular complexity index is 1040. The summed E-state index contributed by atoms with van der Waals surface area (Å²) >= 11 is 0. The number of benzene rings is 1. The van der Waals surface area contributed by atoms with Gasteiger partial charge in [0.05, 0.1) is 31.3 Å². The lowest BCUT2D eigenvalue weighted by Gasteiger charge is -2.07. The van der Waals surface area contributed by atoms with Crippen molar-refractivity contribution in [2.75, 3.05) is 18.5 Å². The third-order valence-corrected chi connectivity index (χ3v) is 4.39. The second kappa shape index (κ2) is 7.72. The number of ether oxygens (including phenoxy) is 2. The zero-order valence-corrected chi connectivity index (χ0v) is 15.9. The maximum Gasteiger partial charge on any atom is 0.248 e. The summed E-state index contributed by atoms with van der Waals surface area (Å²) in [6.07, 6.45) is 7.48. The molecule has 144 valence electrons. The zero-order chi connectivity index (χ0) is 19.5. The molecule has 0 radical (unpaired) electrons. The average molecular weight is 378 g/mol. The van der Waals surface area contributed by atoms with Gasteiger partial charge in [-0.1, -0.05) is 6.07 Å². The summed E-state index contributed by atoms with van der Waals surface area (Å²) in [5.74, 6) is 1.21. The number of amides is 1. The van der Waals surface area contributed by atoms with Crippen LogP contribution in [0.1, 0.15) is 31.9 Å². The predicted molar refractivity (Wildman–Crippen MR) is 108 cm³/mol. The highest BCUT2D eigenvalue weighted by molar-refractivity contribution is 6.02. The van der Waals surface area contributed by atoms with E-state index in [0.717, 1.165) is 28.8 Å². The smallest absolute Gasteiger partial charge is 0.248 e. The highest BCUT2D eigenvalue weighted by Crippen LogP contribution is 2.30. The number of hydrogen-bond donors (Lipinski definition) is 1. The van der Waals surface area contributed by atoms with Crippen molar-refractivity contribution in [3.8, 4) is 11.5 Å². The van der Waals surface area contributed by atoms with Gasteiger partial charge in [0.25, 0.3) is 0 Å². The van der Waals surface area contributed by atoms with Gasteiger partial charge in [-0.3, -0.25) is 4.79 Å². The minimum absolute atomic E-state index is 0.226. The lowest BCUT2D eigenvalue weighted by molar-refractivity contribution is -0.111. The Balaban J connectivity index is 1.45. The maximum atomic E-state index is 12.3.